The number of benzene rings is 1. The number of aliphatic hydroxyl groups excluding tert-OH is 1. The van der Waals surface area contributed by atoms with E-state index in [0.717, 1.165) is 6.54 Å². The number of rotatable bonds is 7. The predicted molar refractivity (Wildman–Crippen MR) is 84.5 cm³/mol. The molecule has 0 saturated heterocycles. The quantitative estimate of drug-likeness (QED) is 0.808. The van der Waals surface area contributed by atoms with Crippen molar-refractivity contribution in [2.75, 3.05) is 19.6 Å². The van der Waals surface area contributed by atoms with Crippen LogP contribution in [-0.4, -0.2) is 40.3 Å². The number of aliphatic hydroxyl groups is 2. The maximum Gasteiger partial charge on any atom is 0.0817 e. The van der Waals surface area contributed by atoms with E-state index in [2.05, 4.69) is 4.90 Å². The van der Waals surface area contributed by atoms with Gasteiger partial charge in [0.25, 0.3) is 0 Å². The Morgan fingerprint density at radius 2 is 1.95 bits per heavy atom. The van der Waals surface area contributed by atoms with Crippen LogP contribution >= 0.6 is 23.2 Å². The van der Waals surface area contributed by atoms with Crippen molar-refractivity contribution in [2.24, 2.45) is 0 Å². The minimum atomic E-state index is -0.741. The molecular weight excluding hydrogens is 297 g/mol. The smallest absolute Gasteiger partial charge is 0.0817 e. The van der Waals surface area contributed by atoms with Crippen LogP contribution in [0.4, 0.5) is 0 Å². The Labute approximate surface area is 131 Å². The number of likely N-dealkylation sites (N-methyl/N-ethyl adjacent to an activating group) is 1. The second-order valence-electron chi connectivity index (χ2n) is 5.63. The van der Waals surface area contributed by atoms with Crippen molar-refractivity contribution in [1.82, 2.24) is 4.90 Å². The molecule has 0 radical (unpaired) electrons. The molecule has 0 aliphatic carbocycles. The second kappa shape index (κ2) is 7.62. The maximum atomic E-state index is 10.2. The zero-order chi connectivity index (χ0) is 15.3. The maximum absolute atomic E-state index is 10.2. The number of halogens is 2. The van der Waals surface area contributed by atoms with Gasteiger partial charge in [-0.1, -0.05) is 42.3 Å². The third-order valence-electron chi connectivity index (χ3n) is 3.12. The zero-order valence-corrected chi connectivity index (χ0v) is 13.7. The first kappa shape index (κ1) is 17.7. The molecule has 20 heavy (non-hydrogen) atoms. The average Bonchev–Trinajstić information content (AvgIpc) is 2.36. The summed E-state index contributed by atoms with van der Waals surface area (Å²) >= 11 is 12.0. The molecule has 0 amide bonds. The molecule has 3 nitrogen and oxygen atoms in total. The van der Waals surface area contributed by atoms with Crippen molar-refractivity contribution in [2.45, 2.75) is 38.9 Å². The SMILES string of the molecule is CCN(CCC(O)c1cccc(Cl)c1Cl)CC(C)(C)O. The third-order valence-corrected chi connectivity index (χ3v) is 3.95. The highest BCUT2D eigenvalue weighted by Gasteiger charge is 2.19. The summed E-state index contributed by atoms with van der Waals surface area (Å²) in [5.41, 5.74) is -0.0900. The molecule has 1 aromatic carbocycles. The van der Waals surface area contributed by atoms with Crippen molar-refractivity contribution in [3.63, 3.8) is 0 Å². The molecule has 2 N–H and O–H groups in total. The van der Waals surface area contributed by atoms with Crippen molar-refractivity contribution in [3.8, 4) is 0 Å². The van der Waals surface area contributed by atoms with Crippen LogP contribution in [0.15, 0.2) is 18.2 Å². The molecule has 0 aromatic heterocycles. The fourth-order valence-corrected chi connectivity index (χ4v) is 2.57. The summed E-state index contributed by atoms with van der Waals surface area (Å²) < 4.78 is 0. The molecule has 1 atom stereocenters. The van der Waals surface area contributed by atoms with Gasteiger partial charge in [-0.3, -0.25) is 0 Å². The average molecular weight is 320 g/mol. The van der Waals surface area contributed by atoms with Crippen molar-refractivity contribution < 1.29 is 10.2 Å². The standard InChI is InChI=1S/C15H23Cl2NO2/c1-4-18(10-15(2,3)20)9-8-13(19)11-6-5-7-12(16)14(11)17/h5-7,13,19-20H,4,8-10H2,1-3H3. The molecule has 0 fully saturated rings. The third kappa shape index (κ3) is 5.58. The number of nitrogens with zero attached hydrogens (tertiary/aromatic N) is 1. The second-order valence-corrected chi connectivity index (χ2v) is 6.41. The van der Waals surface area contributed by atoms with Crippen LogP contribution in [0.1, 0.15) is 38.9 Å². The molecule has 5 heteroatoms. The van der Waals surface area contributed by atoms with Crippen LogP contribution in [0.25, 0.3) is 0 Å². The molecule has 0 heterocycles. The van der Waals surface area contributed by atoms with Crippen LogP contribution in [-0.2, 0) is 0 Å². The van der Waals surface area contributed by atoms with Gasteiger partial charge in [0.05, 0.1) is 21.8 Å². The van der Waals surface area contributed by atoms with Gasteiger partial charge < -0.3 is 15.1 Å². The van der Waals surface area contributed by atoms with Gasteiger partial charge in [0.2, 0.25) is 0 Å². The van der Waals surface area contributed by atoms with Crippen molar-refractivity contribution in [1.29, 1.82) is 0 Å². The zero-order valence-electron chi connectivity index (χ0n) is 12.2. The Morgan fingerprint density at radius 3 is 2.50 bits per heavy atom. The molecule has 0 spiro atoms. The lowest BCUT2D eigenvalue weighted by molar-refractivity contribution is 0.0322. The fraction of sp³-hybridized carbons (Fsp3) is 0.600. The van der Waals surface area contributed by atoms with Gasteiger partial charge in [0.1, 0.15) is 0 Å². The Kier molecular flexibility index (Phi) is 6.76. The number of hydrogen-bond donors (Lipinski definition) is 2. The summed E-state index contributed by atoms with van der Waals surface area (Å²) in [7, 11) is 0. The van der Waals surface area contributed by atoms with Gasteiger partial charge in [-0.15, -0.1) is 0 Å². The molecule has 0 bridgehead atoms. The topological polar surface area (TPSA) is 43.7 Å². The summed E-state index contributed by atoms with van der Waals surface area (Å²) in [6.07, 6.45) is -0.110. The molecule has 1 rings (SSSR count). The lowest BCUT2D eigenvalue weighted by Crippen LogP contribution is -2.39. The van der Waals surface area contributed by atoms with Gasteiger partial charge in [-0.05, 0) is 32.9 Å². The monoisotopic (exact) mass is 319 g/mol. The van der Waals surface area contributed by atoms with Gasteiger partial charge in [-0.25, -0.2) is 0 Å². The minimum absolute atomic E-state index is 0.409. The molecular formula is C15H23Cl2NO2. The van der Waals surface area contributed by atoms with Crippen LogP contribution in [0.5, 0.6) is 0 Å². The minimum Gasteiger partial charge on any atom is -0.389 e. The van der Waals surface area contributed by atoms with Gasteiger partial charge in [0.15, 0.2) is 0 Å². The summed E-state index contributed by atoms with van der Waals surface area (Å²) in [4.78, 5) is 2.10. The largest absolute Gasteiger partial charge is 0.389 e. The Balaban J connectivity index is 2.62. The normalized spacial score (nSPS) is 13.8. The van der Waals surface area contributed by atoms with Crippen LogP contribution in [0.2, 0.25) is 10.0 Å². The van der Waals surface area contributed by atoms with E-state index in [1.807, 2.05) is 6.92 Å². The van der Waals surface area contributed by atoms with Gasteiger partial charge in [-0.2, -0.15) is 0 Å². The van der Waals surface area contributed by atoms with E-state index in [9.17, 15) is 10.2 Å². The van der Waals surface area contributed by atoms with Crippen LogP contribution in [0.3, 0.4) is 0 Å². The Morgan fingerprint density at radius 1 is 1.30 bits per heavy atom. The first-order chi connectivity index (χ1) is 9.24. The van der Waals surface area contributed by atoms with E-state index in [1.165, 1.54) is 0 Å². The van der Waals surface area contributed by atoms with E-state index < -0.39 is 11.7 Å². The van der Waals surface area contributed by atoms with E-state index in [1.54, 1.807) is 32.0 Å². The molecule has 114 valence electrons. The first-order valence-electron chi connectivity index (χ1n) is 6.81. The van der Waals surface area contributed by atoms with Crippen molar-refractivity contribution >= 4 is 23.2 Å². The van der Waals surface area contributed by atoms with E-state index in [4.69, 9.17) is 23.2 Å². The molecule has 0 aliphatic rings. The van der Waals surface area contributed by atoms with Crippen molar-refractivity contribution in [3.05, 3.63) is 33.8 Å². The van der Waals surface area contributed by atoms with Gasteiger partial charge in [0, 0.05) is 18.7 Å². The highest BCUT2D eigenvalue weighted by molar-refractivity contribution is 6.42. The Hall–Kier alpha value is -0.320. The van der Waals surface area contributed by atoms with E-state index >= 15 is 0 Å². The summed E-state index contributed by atoms with van der Waals surface area (Å²) in [5.74, 6) is 0. The molecule has 1 aromatic rings. The van der Waals surface area contributed by atoms with E-state index in [-0.39, 0.29) is 0 Å². The lowest BCUT2D eigenvalue weighted by atomic mass is 10.1. The number of hydrogen-bond acceptors (Lipinski definition) is 3. The molecule has 0 aliphatic heterocycles. The van der Waals surface area contributed by atoms with Gasteiger partial charge >= 0.3 is 0 Å². The summed E-state index contributed by atoms with van der Waals surface area (Å²) in [6.45, 7) is 7.66. The first-order valence-corrected chi connectivity index (χ1v) is 7.57. The van der Waals surface area contributed by atoms with Crippen LogP contribution < -0.4 is 0 Å². The van der Waals surface area contributed by atoms with Crippen LogP contribution in [0, 0.1) is 0 Å². The Bertz CT molecular complexity index is 432. The molecule has 1 unspecified atom stereocenters. The predicted octanol–water partition coefficient (Wildman–Crippen LogP) is 3.51. The fourth-order valence-electron chi connectivity index (χ4n) is 2.13. The summed E-state index contributed by atoms with van der Waals surface area (Å²) in [5, 5.41) is 20.9. The highest BCUT2D eigenvalue weighted by Crippen LogP contribution is 2.31. The molecule has 0 saturated carbocycles. The highest BCUT2D eigenvalue weighted by atomic mass is 35.5. The lowest BCUT2D eigenvalue weighted by Gasteiger charge is -2.28. The van der Waals surface area contributed by atoms with E-state index in [0.29, 0.717) is 35.1 Å². The summed E-state index contributed by atoms with van der Waals surface area (Å²) in [6, 6.07) is 5.26.